The van der Waals surface area contributed by atoms with Gasteiger partial charge >= 0.3 is 0 Å². The molecule has 3 rings (SSSR count). The van der Waals surface area contributed by atoms with Crippen molar-refractivity contribution in [3.63, 3.8) is 0 Å². The monoisotopic (exact) mass is 393 g/mol. The molecular formula is C16H16BrN3O2S. The van der Waals surface area contributed by atoms with Crippen LogP contribution in [0.2, 0.25) is 0 Å². The van der Waals surface area contributed by atoms with E-state index in [4.69, 9.17) is 0 Å². The first-order valence-corrected chi connectivity index (χ1v) is 9.24. The SMILES string of the molecule is CN(Cc1c(Br)cnn1C)S(=O)(=O)c1ccc2ccccc2c1. The molecule has 7 heteroatoms. The summed E-state index contributed by atoms with van der Waals surface area (Å²) in [5.41, 5.74) is 0.803. The van der Waals surface area contributed by atoms with Crippen molar-refractivity contribution in [2.45, 2.75) is 11.4 Å². The fourth-order valence-corrected chi connectivity index (χ4v) is 4.06. The average molecular weight is 394 g/mol. The highest BCUT2D eigenvalue weighted by molar-refractivity contribution is 9.10. The topological polar surface area (TPSA) is 55.2 Å². The van der Waals surface area contributed by atoms with Crippen LogP contribution in [0.3, 0.4) is 0 Å². The van der Waals surface area contributed by atoms with Crippen molar-refractivity contribution in [1.82, 2.24) is 14.1 Å². The van der Waals surface area contributed by atoms with Gasteiger partial charge in [-0.2, -0.15) is 9.40 Å². The Morgan fingerprint density at radius 1 is 1.17 bits per heavy atom. The van der Waals surface area contributed by atoms with E-state index in [9.17, 15) is 8.42 Å². The Hall–Kier alpha value is -1.70. The minimum Gasteiger partial charge on any atom is -0.270 e. The minimum absolute atomic E-state index is 0.242. The molecule has 120 valence electrons. The molecule has 0 atom stereocenters. The van der Waals surface area contributed by atoms with Crippen LogP contribution in [0.5, 0.6) is 0 Å². The summed E-state index contributed by atoms with van der Waals surface area (Å²) in [4.78, 5) is 0.289. The molecule has 5 nitrogen and oxygen atoms in total. The Labute approximate surface area is 143 Å². The molecule has 1 aromatic heterocycles. The van der Waals surface area contributed by atoms with Gasteiger partial charge in [0.25, 0.3) is 0 Å². The molecule has 2 aromatic carbocycles. The molecule has 0 spiro atoms. The van der Waals surface area contributed by atoms with Gasteiger partial charge in [0, 0.05) is 14.1 Å². The van der Waals surface area contributed by atoms with Gasteiger partial charge in [0.2, 0.25) is 10.0 Å². The standard InChI is InChI=1S/C16H16BrN3O2S/c1-19(11-16-15(17)10-18-20(16)2)23(21,22)14-8-7-12-5-3-4-6-13(12)9-14/h3-10H,11H2,1-2H3. The Bertz CT molecular complexity index is 947. The first-order chi connectivity index (χ1) is 10.9. The molecule has 0 amide bonds. The van der Waals surface area contributed by atoms with Crippen LogP contribution in [0.4, 0.5) is 0 Å². The van der Waals surface area contributed by atoms with Crippen LogP contribution in [0.1, 0.15) is 5.69 Å². The van der Waals surface area contributed by atoms with Gasteiger partial charge in [-0.05, 0) is 38.8 Å². The van der Waals surface area contributed by atoms with Gasteiger partial charge in [0.1, 0.15) is 0 Å². The highest BCUT2D eigenvalue weighted by Gasteiger charge is 2.23. The highest BCUT2D eigenvalue weighted by atomic mass is 79.9. The van der Waals surface area contributed by atoms with Crippen molar-refractivity contribution < 1.29 is 8.42 Å². The summed E-state index contributed by atoms with van der Waals surface area (Å²) in [6, 6.07) is 12.9. The summed E-state index contributed by atoms with van der Waals surface area (Å²) in [6.45, 7) is 0.242. The third-order valence-electron chi connectivity index (χ3n) is 3.81. The maximum Gasteiger partial charge on any atom is 0.243 e. The first kappa shape index (κ1) is 16.2. The van der Waals surface area contributed by atoms with Crippen molar-refractivity contribution in [1.29, 1.82) is 0 Å². The quantitative estimate of drug-likeness (QED) is 0.683. The number of sulfonamides is 1. The summed E-state index contributed by atoms with van der Waals surface area (Å²) in [5, 5.41) is 6.04. The molecule has 0 saturated heterocycles. The summed E-state index contributed by atoms with van der Waals surface area (Å²) >= 11 is 3.40. The molecule has 3 aromatic rings. The summed E-state index contributed by atoms with van der Waals surface area (Å²) in [5.74, 6) is 0. The third-order valence-corrected chi connectivity index (χ3v) is 6.27. The Kier molecular flexibility index (Phi) is 4.27. The number of nitrogens with zero attached hydrogens (tertiary/aromatic N) is 3. The van der Waals surface area contributed by atoms with Crippen LogP contribution in [0.15, 0.2) is 58.0 Å². The smallest absolute Gasteiger partial charge is 0.243 e. The van der Waals surface area contributed by atoms with Gasteiger partial charge in [0.15, 0.2) is 0 Å². The molecule has 0 bridgehead atoms. The zero-order valence-electron chi connectivity index (χ0n) is 12.8. The van der Waals surface area contributed by atoms with E-state index in [0.29, 0.717) is 0 Å². The second kappa shape index (κ2) is 6.07. The lowest BCUT2D eigenvalue weighted by atomic mass is 10.1. The predicted molar refractivity (Wildman–Crippen MR) is 93.5 cm³/mol. The molecule has 0 aliphatic carbocycles. The van der Waals surface area contributed by atoms with Crippen LogP contribution >= 0.6 is 15.9 Å². The largest absolute Gasteiger partial charge is 0.270 e. The number of halogens is 1. The number of benzene rings is 2. The van der Waals surface area contributed by atoms with Crippen LogP contribution in [0, 0.1) is 0 Å². The number of aryl methyl sites for hydroxylation is 1. The number of hydrogen-bond donors (Lipinski definition) is 0. The lowest BCUT2D eigenvalue weighted by Gasteiger charge is -2.18. The van der Waals surface area contributed by atoms with Crippen molar-refractivity contribution >= 4 is 36.7 Å². The molecule has 23 heavy (non-hydrogen) atoms. The van der Waals surface area contributed by atoms with Gasteiger partial charge in [-0.15, -0.1) is 0 Å². The molecule has 0 radical (unpaired) electrons. The van der Waals surface area contributed by atoms with E-state index in [-0.39, 0.29) is 11.4 Å². The van der Waals surface area contributed by atoms with E-state index in [1.54, 1.807) is 37.1 Å². The van der Waals surface area contributed by atoms with E-state index in [1.165, 1.54) is 4.31 Å². The lowest BCUT2D eigenvalue weighted by Crippen LogP contribution is -2.27. The molecule has 1 heterocycles. The Morgan fingerprint density at radius 2 is 1.87 bits per heavy atom. The maximum absolute atomic E-state index is 12.8. The highest BCUT2D eigenvalue weighted by Crippen LogP contribution is 2.24. The summed E-state index contributed by atoms with van der Waals surface area (Å²) in [7, 11) is -0.207. The zero-order chi connectivity index (χ0) is 16.6. The van der Waals surface area contributed by atoms with Gasteiger partial charge < -0.3 is 0 Å². The number of fused-ring (bicyclic) bond motifs is 1. The molecule has 0 aliphatic heterocycles. The number of hydrogen-bond acceptors (Lipinski definition) is 3. The fourth-order valence-electron chi connectivity index (χ4n) is 2.42. The van der Waals surface area contributed by atoms with Crippen LogP contribution < -0.4 is 0 Å². The van der Waals surface area contributed by atoms with Crippen molar-refractivity contribution in [3.8, 4) is 0 Å². The number of aromatic nitrogens is 2. The van der Waals surface area contributed by atoms with Gasteiger partial charge in [-0.1, -0.05) is 30.3 Å². The Morgan fingerprint density at radius 3 is 2.52 bits per heavy atom. The van der Waals surface area contributed by atoms with Crippen LogP contribution in [-0.2, 0) is 23.6 Å². The second-order valence-electron chi connectivity index (χ2n) is 5.33. The van der Waals surface area contributed by atoms with Gasteiger partial charge in [0.05, 0.1) is 27.8 Å². The number of rotatable bonds is 4. The second-order valence-corrected chi connectivity index (χ2v) is 8.23. The van der Waals surface area contributed by atoms with E-state index < -0.39 is 10.0 Å². The molecule has 0 N–H and O–H groups in total. The molecule has 0 unspecified atom stereocenters. The fraction of sp³-hybridized carbons (Fsp3) is 0.188. The summed E-state index contributed by atoms with van der Waals surface area (Å²) in [6.07, 6.45) is 1.66. The van der Waals surface area contributed by atoms with Crippen LogP contribution in [-0.4, -0.2) is 29.6 Å². The Balaban J connectivity index is 1.96. The normalized spacial score (nSPS) is 12.2. The van der Waals surface area contributed by atoms with E-state index in [0.717, 1.165) is 20.9 Å². The molecule has 0 saturated carbocycles. The molecule has 0 fully saturated rings. The lowest BCUT2D eigenvalue weighted by molar-refractivity contribution is 0.452. The van der Waals surface area contributed by atoms with E-state index in [2.05, 4.69) is 21.0 Å². The van der Waals surface area contributed by atoms with Gasteiger partial charge in [-0.3, -0.25) is 4.68 Å². The average Bonchev–Trinajstić information content (AvgIpc) is 2.86. The third kappa shape index (κ3) is 3.04. The first-order valence-electron chi connectivity index (χ1n) is 7.01. The zero-order valence-corrected chi connectivity index (χ0v) is 15.2. The molecule has 0 aliphatic rings. The van der Waals surface area contributed by atoms with Crippen LogP contribution in [0.25, 0.3) is 10.8 Å². The van der Waals surface area contributed by atoms with E-state index >= 15 is 0 Å². The van der Waals surface area contributed by atoms with Crippen molar-refractivity contribution in [2.75, 3.05) is 7.05 Å². The summed E-state index contributed by atoms with van der Waals surface area (Å²) < 4.78 is 29.4. The maximum atomic E-state index is 12.8. The van der Waals surface area contributed by atoms with Crippen molar-refractivity contribution in [3.05, 3.63) is 58.8 Å². The molecular weight excluding hydrogens is 378 g/mol. The van der Waals surface area contributed by atoms with Gasteiger partial charge in [-0.25, -0.2) is 8.42 Å². The predicted octanol–water partition coefficient (Wildman–Crippen LogP) is 3.16. The minimum atomic E-state index is -3.57. The van der Waals surface area contributed by atoms with E-state index in [1.807, 2.05) is 30.3 Å². The van der Waals surface area contributed by atoms with Crippen molar-refractivity contribution in [2.24, 2.45) is 7.05 Å².